The van der Waals surface area contributed by atoms with Crippen LogP contribution in [0.2, 0.25) is 0 Å². The number of nitrogens with one attached hydrogen (secondary N) is 1. The molecule has 1 atom stereocenters. The predicted octanol–water partition coefficient (Wildman–Crippen LogP) is 1.06. The smallest absolute Gasteiger partial charge is 0.159 e. The van der Waals surface area contributed by atoms with Crippen molar-refractivity contribution in [3.63, 3.8) is 0 Å². The maximum atomic E-state index is 12.0. The zero-order valence-electron chi connectivity index (χ0n) is 10.1. The normalized spacial score (nSPS) is 23.3. The molecule has 1 fully saturated rings. The van der Waals surface area contributed by atoms with Gasteiger partial charge in [0.05, 0.1) is 18.1 Å². The number of methoxy groups -OCH3 is 1. The largest absolute Gasteiger partial charge is 0.496 e. The molecule has 1 N–H and O–H groups in total. The molecule has 2 rings (SSSR count). The van der Waals surface area contributed by atoms with Gasteiger partial charge in [-0.3, -0.25) is 0 Å². The standard InChI is InChI=1S/C12H17NO3S/c1-9-7-10(3-4-11(9)16-2)12-8-13-5-6-17(12,14)15/h3-4,7,12-13H,5-6,8H2,1-2H3. The van der Waals surface area contributed by atoms with E-state index in [0.29, 0.717) is 13.1 Å². The van der Waals surface area contributed by atoms with Gasteiger partial charge in [0, 0.05) is 13.1 Å². The fourth-order valence-electron chi connectivity index (χ4n) is 2.14. The van der Waals surface area contributed by atoms with E-state index in [-0.39, 0.29) is 5.75 Å². The Kier molecular flexibility index (Phi) is 3.40. The molecule has 0 saturated carbocycles. The Morgan fingerprint density at radius 2 is 2.18 bits per heavy atom. The second-order valence-corrected chi connectivity index (χ2v) is 6.59. The van der Waals surface area contributed by atoms with E-state index in [4.69, 9.17) is 4.74 Å². The van der Waals surface area contributed by atoms with Gasteiger partial charge in [-0.15, -0.1) is 0 Å². The number of benzene rings is 1. The van der Waals surface area contributed by atoms with Gasteiger partial charge in [0.25, 0.3) is 0 Å². The Labute approximate surface area is 102 Å². The van der Waals surface area contributed by atoms with E-state index in [2.05, 4.69) is 5.32 Å². The minimum atomic E-state index is -3.02. The van der Waals surface area contributed by atoms with Crippen LogP contribution in [0.25, 0.3) is 0 Å². The van der Waals surface area contributed by atoms with E-state index in [1.807, 2.05) is 25.1 Å². The molecule has 1 aliphatic rings. The highest BCUT2D eigenvalue weighted by Gasteiger charge is 2.30. The Morgan fingerprint density at radius 1 is 1.41 bits per heavy atom. The summed E-state index contributed by atoms with van der Waals surface area (Å²) in [6, 6.07) is 5.56. The molecule has 4 nitrogen and oxygen atoms in total. The van der Waals surface area contributed by atoms with Crippen LogP contribution in [-0.2, 0) is 9.84 Å². The number of rotatable bonds is 2. The highest BCUT2D eigenvalue weighted by atomic mass is 32.2. The molecule has 94 valence electrons. The van der Waals surface area contributed by atoms with Gasteiger partial charge in [-0.05, 0) is 24.1 Å². The number of hydrogen-bond acceptors (Lipinski definition) is 4. The molecule has 1 unspecified atom stereocenters. The van der Waals surface area contributed by atoms with Crippen molar-refractivity contribution < 1.29 is 13.2 Å². The summed E-state index contributed by atoms with van der Waals surface area (Å²) in [5.41, 5.74) is 1.81. The zero-order chi connectivity index (χ0) is 12.5. The summed E-state index contributed by atoms with van der Waals surface area (Å²) in [5.74, 6) is 0.998. The average Bonchev–Trinajstić information content (AvgIpc) is 2.28. The minimum absolute atomic E-state index is 0.211. The van der Waals surface area contributed by atoms with Gasteiger partial charge in [0.2, 0.25) is 0 Å². The predicted molar refractivity (Wildman–Crippen MR) is 67.1 cm³/mol. The molecule has 1 aliphatic heterocycles. The van der Waals surface area contributed by atoms with Crippen molar-refractivity contribution in [2.24, 2.45) is 0 Å². The molecule has 0 radical (unpaired) electrons. The first-order valence-electron chi connectivity index (χ1n) is 5.61. The third kappa shape index (κ3) is 2.45. The molecule has 0 amide bonds. The fraction of sp³-hybridized carbons (Fsp3) is 0.500. The third-order valence-electron chi connectivity index (χ3n) is 3.12. The molecule has 0 spiro atoms. The summed E-state index contributed by atoms with van der Waals surface area (Å²) in [7, 11) is -1.40. The molecule has 1 aromatic carbocycles. The van der Waals surface area contributed by atoms with Crippen molar-refractivity contribution in [1.82, 2.24) is 5.32 Å². The van der Waals surface area contributed by atoms with E-state index in [9.17, 15) is 8.42 Å². The second kappa shape index (κ2) is 4.66. The number of hydrogen-bond donors (Lipinski definition) is 1. The zero-order valence-corrected chi connectivity index (χ0v) is 10.9. The van der Waals surface area contributed by atoms with Gasteiger partial charge in [-0.1, -0.05) is 12.1 Å². The Hall–Kier alpha value is -1.07. The van der Waals surface area contributed by atoms with Crippen molar-refractivity contribution in [1.29, 1.82) is 0 Å². The van der Waals surface area contributed by atoms with Crippen LogP contribution in [0, 0.1) is 6.92 Å². The monoisotopic (exact) mass is 255 g/mol. The molecular formula is C12H17NO3S. The second-order valence-electron chi connectivity index (χ2n) is 4.29. The maximum absolute atomic E-state index is 12.0. The van der Waals surface area contributed by atoms with E-state index in [1.54, 1.807) is 7.11 Å². The van der Waals surface area contributed by atoms with Crippen molar-refractivity contribution in [3.05, 3.63) is 29.3 Å². The van der Waals surface area contributed by atoms with E-state index < -0.39 is 15.1 Å². The fourth-order valence-corrected chi connectivity index (χ4v) is 3.79. The third-order valence-corrected chi connectivity index (χ3v) is 5.20. The topological polar surface area (TPSA) is 55.4 Å². The lowest BCUT2D eigenvalue weighted by molar-refractivity contribution is 0.411. The van der Waals surface area contributed by atoms with Crippen molar-refractivity contribution in [2.75, 3.05) is 26.0 Å². The lowest BCUT2D eigenvalue weighted by Gasteiger charge is -2.24. The van der Waals surface area contributed by atoms with Crippen LogP contribution in [0.3, 0.4) is 0 Å². The lowest BCUT2D eigenvalue weighted by Crippen LogP contribution is -2.38. The Balaban J connectivity index is 2.36. The average molecular weight is 255 g/mol. The first kappa shape index (κ1) is 12.4. The van der Waals surface area contributed by atoms with Gasteiger partial charge in [-0.25, -0.2) is 8.42 Å². The van der Waals surface area contributed by atoms with Crippen LogP contribution in [0.5, 0.6) is 5.75 Å². The molecule has 1 saturated heterocycles. The molecule has 1 heterocycles. The van der Waals surface area contributed by atoms with Gasteiger partial charge in [0.1, 0.15) is 5.75 Å². The van der Waals surface area contributed by atoms with Gasteiger partial charge in [0.15, 0.2) is 9.84 Å². The summed E-state index contributed by atoms with van der Waals surface area (Å²) in [6.07, 6.45) is 0. The van der Waals surface area contributed by atoms with Crippen LogP contribution in [-0.4, -0.2) is 34.4 Å². The summed E-state index contributed by atoms with van der Waals surface area (Å²) < 4.78 is 29.1. The van der Waals surface area contributed by atoms with E-state index >= 15 is 0 Å². The van der Waals surface area contributed by atoms with Crippen LogP contribution in [0.1, 0.15) is 16.4 Å². The highest BCUT2D eigenvalue weighted by Crippen LogP contribution is 2.28. The maximum Gasteiger partial charge on any atom is 0.159 e. The van der Waals surface area contributed by atoms with Crippen LogP contribution >= 0.6 is 0 Å². The Bertz CT molecular complexity index is 510. The summed E-state index contributed by atoms with van der Waals surface area (Å²) in [6.45, 7) is 2.97. The molecule has 0 aliphatic carbocycles. The number of aryl methyl sites for hydroxylation is 1. The molecule has 1 aromatic rings. The molecular weight excluding hydrogens is 238 g/mol. The van der Waals surface area contributed by atoms with Crippen molar-refractivity contribution in [3.8, 4) is 5.75 Å². The van der Waals surface area contributed by atoms with Gasteiger partial charge in [-0.2, -0.15) is 0 Å². The quantitative estimate of drug-likeness (QED) is 0.858. The summed E-state index contributed by atoms with van der Waals surface area (Å²) in [4.78, 5) is 0. The SMILES string of the molecule is COc1ccc(C2CNCCS2(=O)=O)cc1C. The van der Waals surface area contributed by atoms with Crippen LogP contribution < -0.4 is 10.1 Å². The summed E-state index contributed by atoms with van der Waals surface area (Å²) >= 11 is 0. The molecule has 5 heteroatoms. The van der Waals surface area contributed by atoms with Gasteiger partial charge < -0.3 is 10.1 Å². The molecule has 0 bridgehead atoms. The number of sulfone groups is 1. The van der Waals surface area contributed by atoms with Crippen molar-refractivity contribution >= 4 is 9.84 Å². The highest BCUT2D eigenvalue weighted by molar-refractivity contribution is 7.91. The molecule has 17 heavy (non-hydrogen) atoms. The molecule has 0 aromatic heterocycles. The number of ether oxygens (including phenoxy) is 1. The van der Waals surface area contributed by atoms with E-state index in [0.717, 1.165) is 16.9 Å². The first-order valence-corrected chi connectivity index (χ1v) is 7.33. The van der Waals surface area contributed by atoms with Gasteiger partial charge >= 0.3 is 0 Å². The first-order chi connectivity index (χ1) is 8.04. The minimum Gasteiger partial charge on any atom is -0.496 e. The van der Waals surface area contributed by atoms with Crippen LogP contribution in [0.4, 0.5) is 0 Å². The summed E-state index contributed by atoms with van der Waals surface area (Å²) in [5, 5.41) is 2.70. The van der Waals surface area contributed by atoms with E-state index in [1.165, 1.54) is 0 Å². The lowest BCUT2D eigenvalue weighted by atomic mass is 10.1. The van der Waals surface area contributed by atoms with Crippen molar-refractivity contribution in [2.45, 2.75) is 12.2 Å². The van der Waals surface area contributed by atoms with Crippen LogP contribution in [0.15, 0.2) is 18.2 Å². The Morgan fingerprint density at radius 3 is 2.76 bits per heavy atom.